The third-order valence-corrected chi connectivity index (χ3v) is 10.3. The van der Waals surface area contributed by atoms with Crippen molar-refractivity contribution in [2.24, 2.45) is 0 Å². The Hall–Kier alpha value is -3.69. The largest absolute Gasteiger partial charge is 0.464 e. The van der Waals surface area contributed by atoms with Gasteiger partial charge in [0.15, 0.2) is 0 Å². The second-order valence-electron chi connectivity index (χ2n) is 13.1. The first-order valence-electron chi connectivity index (χ1n) is 15.3. The van der Waals surface area contributed by atoms with Gasteiger partial charge >= 0.3 is 6.09 Å². The molecule has 1 amide bonds. The molecule has 2 unspecified atom stereocenters. The summed E-state index contributed by atoms with van der Waals surface area (Å²) in [5.74, 6) is 0.772. The van der Waals surface area contributed by atoms with Crippen LogP contribution in [0.5, 0.6) is 5.75 Å². The van der Waals surface area contributed by atoms with E-state index in [2.05, 4.69) is 27.3 Å². The van der Waals surface area contributed by atoms with E-state index >= 15 is 4.39 Å². The average molecular weight is 633 g/mol. The van der Waals surface area contributed by atoms with Crippen LogP contribution in [0.2, 0.25) is 5.02 Å². The Bertz CT molecular complexity index is 1840. The first kappa shape index (κ1) is 27.8. The minimum Gasteiger partial charge on any atom is -0.464 e. The fourth-order valence-corrected chi connectivity index (χ4v) is 8.04. The van der Waals surface area contributed by atoms with Crippen LogP contribution in [-0.4, -0.2) is 39.9 Å². The highest BCUT2D eigenvalue weighted by Crippen LogP contribution is 2.49. The molecular formula is C34H34ClFN4O3S. The number of benzene rings is 2. The normalized spacial score (nSPS) is 22.6. The molecule has 4 aliphatic rings. The Morgan fingerprint density at radius 3 is 2.70 bits per heavy atom. The number of fused-ring (bicyclic) bond motifs is 5. The van der Waals surface area contributed by atoms with Crippen molar-refractivity contribution in [3.63, 3.8) is 0 Å². The summed E-state index contributed by atoms with van der Waals surface area (Å²) in [5, 5.41) is 8.46. The Balaban J connectivity index is 1.12. The highest BCUT2D eigenvalue weighted by molar-refractivity contribution is 7.12. The number of hydrogen-bond donors (Lipinski definition) is 2. The number of carbonyl (C=O) groups excluding carboxylic acids is 1. The standard InChI is InChI=1S/C34H34ClFN4O3S/c1-34(2,3)43-33(41)39-12-4-5-25(39)31-37-17-23(38-31)19-14-22(36)30-26-15-20-13-21(35)8-9-24(20)40(26)32(42-27(30)16-19)29-11-10-28(44-29)18-6-7-18/h8-11,13-18,25,31-32,37-38H,4-7,12H2,1-3H3/t25-,31?,32?/m0/s1. The van der Waals surface area contributed by atoms with E-state index in [0.29, 0.717) is 34.4 Å². The van der Waals surface area contributed by atoms with Crippen LogP contribution in [0.15, 0.2) is 54.7 Å². The maximum absolute atomic E-state index is 16.2. The third-order valence-electron chi connectivity index (χ3n) is 8.80. The molecule has 2 fully saturated rings. The van der Waals surface area contributed by atoms with Crippen LogP contribution >= 0.6 is 22.9 Å². The first-order chi connectivity index (χ1) is 21.1. The number of nitrogens with one attached hydrogen (secondary N) is 2. The van der Waals surface area contributed by atoms with E-state index in [0.717, 1.165) is 40.0 Å². The van der Waals surface area contributed by atoms with Crippen LogP contribution in [0.1, 0.15) is 73.9 Å². The van der Waals surface area contributed by atoms with Crippen LogP contribution in [-0.2, 0) is 4.74 Å². The molecule has 1 saturated heterocycles. The molecule has 3 aliphatic heterocycles. The number of carbonyl (C=O) groups is 1. The molecule has 0 bridgehead atoms. The Kier molecular flexibility index (Phi) is 6.43. The van der Waals surface area contributed by atoms with Gasteiger partial charge in [0, 0.05) is 33.6 Å². The zero-order valence-electron chi connectivity index (χ0n) is 24.8. The molecular weight excluding hydrogens is 599 g/mol. The number of hydrogen-bond acceptors (Lipinski definition) is 6. The van der Waals surface area contributed by atoms with Crippen molar-refractivity contribution in [3.05, 3.63) is 80.9 Å². The zero-order chi connectivity index (χ0) is 30.3. The number of ether oxygens (including phenoxy) is 2. The lowest BCUT2D eigenvalue weighted by molar-refractivity contribution is 0.0196. The van der Waals surface area contributed by atoms with Crippen LogP contribution in [0.3, 0.4) is 0 Å². The average Bonchev–Trinajstić information content (AvgIpc) is 3.39. The SMILES string of the molecule is CC(C)(C)OC(=O)N1CCC[C@H]1C1NC=C(c2cc(F)c3c(c2)OC(c2ccc(C4CC4)s2)n2c-3cc3cc(Cl)ccc32)N1. The number of amides is 1. The molecule has 2 N–H and O–H groups in total. The Morgan fingerprint density at radius 2 is 1.91 bits per heavy atom. The van der Waals surface area contributed by atoms with E-state index in [1.807, 2.05) is 57.3 Å². The summed E-state index contributed by atoms with van der Waals surface area (Å²) in [6, 6.07) is 15.5. The van der Waals surface area contributed by atoms with Crippen LogP contribution in [0, 0.1) is 5.82 Å². The smallest absolute Gasteiger partial charge is 0.410 e. The Labute approximate surface area is 264 Å². The van der Waals surface area contributed by atoms with Crippen molar-refractivity contribution in [1.29, 1.82) is 0 Å². The molecule has 7 nitrogen and oxygen atoms in total. The quantitative estimate of drug-likeness (QED) is 0.237. The summed E-state index contributed by atoms with van der Waals surface area (Å²) in [7, 11) is 0. The van der Waals surface area contributed by atoms with E-state index in [4.69, 9.17) is 21.1 Å². The van der Waals surface area contributed by atoms with E-state index in [9.17, 15) is 4.79 Å². The maximum Gasteiger partial charge on any atom is 0.410 e. The van der Waals surface area contributed by atoms with Gasteiger partial charge in [0.2, 0.25) is 6.23 Å². The van der Waals surface area contributed by atoms with Gasteiger partial charge in [-0.15, -0.1) is 11.3 Å². The van der Waals surface area contributed by atoms with Gasteiger partial charge in [-0.2, -0.15) is 0 Å². The molecule has 228 valence electrons. The molecule has 4 aromatic rings. The van der Waals surface area contributed by atoms with Crippen molar-refractivity contribution in [2.45, 2.75) is 76.4 Å². The minimum atomic E-state index is -0.566. The van der Waals surface area contributed by atoms with Gasteiger partial charge in [0.05, 0.1) is 33.4 Å². The second kappa shape index (κ2) is 10.2. The number of nitrogens with zero attached hydrogens (tertiary/aromatic N) is 2. The number of rotatable bonds is 4. The number of halogens is 2. The summed E-state index contributed by atoms with van der Waals surface area (Å²) in [4.78, 5) is 17.2. The molecule has 44 heavy (non-hydrogen) atoms. The topological polar surface area (TPSA) is 67.8 Å². The number of likely N-dealkylation sites (tertiary alicyclic amines) is 1. The third kappa shape index (κ3) is 4.81. The molecule has 1 saturated carbocycles. The minimum absolute atomic E-state index is 0.0938. The predicted molar refractivity (Wildman–Crippen MR) is 171 cm³/mol. The van der Waals surface area contributed by atoms with Gasteiger partial charge in [-0.05, 0) is 101 Å². The second-order valence-corrected chi connectivity index (χ2v) is 14.7. The molecule has 3 atom stereocenters. The van der Waals surface area contributed by atoms with Gasteiger partial charge in [-0.3, -0.25) is 4.57 Å². The fourth-order valence-electron chi connectivity index (χ4n) is 6.66. The van der Waals surface area contributed by atoms with Gasteiger partial charge in [0.1, 0.15) is 23.3 Å². The number of aromatic nitrogens is 1. The van der Waals surface area contributed by atoms with E-state index in [1.54, 1.807) is 22.3 Å². The molecule has 10 heteroatoms. The van der Waals surface area contributed by atoms with Gasteiger partial charge < -0.3 is 25.0 Å². The highest BCUT2D eigenvalue weighted by Gasteiger charge is 2.39. The number of thiophene rings is 1. The van der Waals surface area contributed by atoms with Crippen molar-refractivity contribution < 1.29 is 18.7 Å². The fraction of sp³-hybridized carbons (Fsp3) is 0.382. The Morgan fingerprint density at radius 1 is 1.09 bits per heavy atom. The van der Waals surface area contributed by atoms with E-state index in [1.165, 1.54) is 17.7 Å². The van der Waals surface area contributed by atoms with Gasteiger partial charge in [-0.25, -0.2) is 9.18 Å². The summed E-state index contributed by atoms with van der Waals surface area (Å²) >= 11 is 8.13. The maximum atomic E-state index is 16.2. The molecule has 8 rings (SSSR count). The molecule has 2 aromatic heterocycles. The van der Waals surface area contributed by atoms with Crippen LogP contribution in [0.4, 0.5) is 9.18 Å². The highest BCUT2D eigenvalue weighted by atomic mass is 35.5. The van der Waals surface area contributed by atoms with Gasteiger partial charge in [-0.1, -0.05) is 11.6 Å². The van der Waals surface area contributed by atoms with E-state index < -0.39 is 11.8 Å². The lowest BCUT2D eigenvalue weighted by Crippen LogP contribution is -2.52. The molecule has 0 spiro atoms. The monoisotopic (exact) mass is 632 g/mol. The van der Waals surface area contributed by atoms with E-state index in [-0.39, 0.29) is 24.1 Å². The van der Waals surface area contributed by atoms with Crippen molar-refractivity contribution in [3.8, 4) is 17.0 Å². The zero-order valence-corrected chi connectivity index (χ0v) is 26.4. The molecule has 0 radical (unpaired) electrons. The lowest BCUT2D eigenvalue weighted by atomic mass is 10.0. The van der Waals surface area contributed by atoms with Crippen LogP contribution < -0.4 is 15.4 Å². The lowest BCUT2D eigenvalue weighted by Gasteiger charge is -2.32. The first-order valence-corrected chi connectivity index (χ1v) is 16.5. The summed E-state index contributed by atoms with van der Waals surface area (Å²) < 4.78 is 30.6. The summed E-state index contributed by atoms with van der Waals surface area (Å²) in [6.45, 7) is 6.26. The summed E-state index contributed by atoms with van der Waals surface area (Å²) in [6.07, 6.45) is 5.09. The van der Waals surface area contributed by atoms with Crippen molar-refractivity contribution in [2.75, 3.05) is 6.54 Å². The van der Waals surface area contributed by atoms with Gasteiger partial charge in [0.25, 0.3) is 0 Å². The molecule has 1 aliphatic carbocycles. The van der Waals surface area contributed by atoms with Crippen LogP contribution in [0.25, 0.3) is 27.9 Å². The van der Waals surface area contributed by atoms with Crippen molar-refractivity contribution >= 4 is 45.6 Å². The predicted octanol–water partition coefficient (Wildman–Crippen LogP) is 8.20. The van der Waals surface area contributed by atoms with Crippen molar-refractivity contribution in [1.82, 2.24) is 20.1 Å². The molecule has 2 aromatic carbocycles. The summed E-state index contributed by atoms with van der Waals surface area (Å²) in [5.41, 5.74) is 3.01. The molecule has 5 heterocycles.